The van der Waals surface area contributed by atoms with Gasteiger partial charge in [-0.2, -0.15) is 0 Å². The van der Waals surface area contributed by atoms with Gasteiger partial charge in [0.15, 0.2) is 5.82 Å². The van der Waals surface area contributed by atoms with E-state index in [1.807, 2.05) is 0 Å². The molecule has 1 heterocycles. The van der Waals surface area contributed by atoms with E-state index in [0.29, 0.717) is 25.9 Å². The van der Waals surface area contributed by atoms with Crippen molar-refractivity contribution in [2.45, 2.75) is 78.0 Å². The third-order valence-corrected chi connectivity index (χ3v) is 5.48. The minimum atomic E-state index is -0.960. The molecule has 2 rings (SSSR count). The Morgan fingerprint density at radius 1 is 1.12 bits per heavy atom. The van der Waals surface area contributed by atoms with Crippen LogP contribution in [0.1, 0.15) is 61.3 Å². The van der Waals surface area contributed by atoms with Crippen molar-refractivity contribution in [1.82, 2.24) is 5.32 Å². The highest BCUT2D eigenvalue weighted by atomic mass is 19.1. The van der Waals surface area contributed by atoms with Crippen LogP contribution in [0.3, 0.4) is 0 Å². The highest BCUT2D eigenvalue weighted by molar-refractivity contribution is 5.77. The van der Waals surface area contributed by atoms with Crippen LogP contribution in [0.5, 0.6) is 0 Å². The molecule has 0 bridgehead atoms. The summed E-state index contributed by atoms with van der Waals surface area (Å²) in [6, 6.07) is 3.51. The summed E-state index contributed by atoms with van der Waals surface area (Å²) in [4.78, 5) is 37.5. The van der Waals surface area contributed by atoms with Crippen LogP contribution in [0, 0.1) is 21.8 Å². The Morgan fingerprint density at radius 2 is 1.67 bits per heavy atom. The van der Waals surface area contributed by atoms with Gasteiger partial charge in [-0.05, 0) is 67.4 Å². The first-order valence-corrected chi connectivity index (χ1v) is 11.0. The van der Waals surface area contributed by atoms with Crippen LogP contribution >= 0.6 is 0 Å². The third kappa shape index (κ3) is 7.03. The predicted octanol–water partition coefficient (Wildman–Crippen LogP) is 4.58. The summed E-state index contributed by atoms with van der Waals surface area (Å²) >= 11 is 0. The number of carbonyl (C=O) groups is 2. The van der Waals surface area contributed by atoms with Crippen molar-refractivity contribution in [3.8, 4) is 0 Å². The zero-order chi connectivity index (χ0) is 25.2. The Morgan fingerprint density at radius 3 is 2.12 bits per heavy atom. The van der Waals surface area contributed by atoms with Crippen LogP contribution in [-0.4, -0.2) is 46.8 Å². The maximum absolute atomic E-state index is 14.5. The third-order valence-electron chi connectivity index (χ3n) is 5.48. The molecule has 0 saturated carbocycles. The highest BCUT2D eigenvalue weighted by Crippen LogP contribution is 2.35. The van der Waals surface area contributed by atoms with Crippen molar-refractivity contribution in [2.24, 2.45) is 5.92 Å². The second-order valence-electron chi connectivity index (χ2n) is 10.4. The topological polar surface area (TPSA) is 111 Å². The first-order valence-electron chi connectivity index (χ1n) is 11.0. The van der Waals surface area contributed by atoms with E-state index in [-0.39, 0.29) is 11.4 Å². The number of anilines is 1. The molecule has 1 unspecified atom stereocenters. The predicted molar refractivity (Wildman–Crippen MR) is 122 cm³/mol. The van der Waals surface area contributed by atoms with Gasteiger partial charge in [0.2, 0.25) is 0 Å². The lowest BCUT2D eigenvalue weighted by Crippen LogP contribution is -2.61. The molecule has 1 aromatic carbocycles. The number of ether oxygens (including phenoxy) is 2. The maximum atomic E-state index is 14.5. The molecule has 1 N–H and O–H groups in total. The van der Waals surface area contributed by atoms with Crippen LogP contribution in [0.25, 0.3) is 0 Å². The number of carbonyl (C=O) groups excluding carboxylic acids is 2. The summed E-state index contributed by atoms with van der Waals surface area (Å²) in [6.07, 6.45) is -0.000486. The van der Waals surface area contributed by atoms with E-state index in [0.717, 1.165) is 6.07 Å². The van der Waals surface area contributed by atoms with Crippen LogP contribution in [-0.2, 0) is 14.3 Å². The second kappa shape index (κ2) is 9.52. The molecule has 1 aliphatic heterocycles. The Hall–Kier alpha value is -2.91. The Balaban J connectivity index is 2.26. The molecule has 1 fully saturated rings. The molecule has 0 aliphatic carbocycles. The Kier molecular flexibility index (Phi) is 7.60. The number of halogens is 1. The molecule has 0 spiro atoms. The number of nitro groups is 1. The number of alkyl carbamates (subject to hydrolysis) is 1. The van der Waals surface area contributed by atoms with E-state index in [1.54, 1.807) is 53.4 Å². The molecule has 0 aromatic heterocycles. The number of piperidine rings is 1. The fourth-order valence-electron chi connectivity index (χ4n) is 3.80. The Labute approximate surface area is 193 Å². The molecule has 1 saturated heterocycles. The molecule has 10 heteroatoms. The van der Waals surface area contributed by atoms with Gasteiger partial charge in [0.1, 0.15) is 11.2 Å². The molecule has 184 valence electrons. The van der Waals surface area contributed by atoms with Crippen molar-refractivity contribution in [3.05, 3.63) is 34.1 Å². The summed E-state index contributed by atoms with van der Waals surface area (Å²) in [5.41, 5.74) is -2.47. The molecule has 0 radical (unpaired) electrons. The van der Waals surface area contributed by atoms with Crippen molar-refractivity contribution in [1.29, 1.82) is 0 Å². The van der Waals surface area contributed by atoms with Gasteiger partial charge in [-0.15, -0.1) is 0 Å². The number of esters is 1. The number of hydrogen-bond donors (Lipinski definition) is 1. The number of nitro benzene ring substituents is 1. The minimum Gasteiger partial charge on any atom is -0.460 e. The van der Waals surface area contributed by atoms with Gasteiger partial charge in [0.25, 0.3) is 5.69 Å². The zero-order valence-corrected chi connectivity index (χ0v) is 20.4. The molecule has 1 amide bonds. The molecule has 9 nitrogen and oxygen atoms in total. The molecule has 33 heavy (non-hydrogen) atoms. The normalized spacial score (nSPS) is 17.2. The average Bonchev–Trinajstić information content (AvgIpc) is 2.65. The number of non-ortho nitro benzene ring substituents is 1. The van der Waals surface area contributed by atoms with E-state index in [2.05, 4.69) is 5.32 Å². The van der Waals surface area contributed by atoms with Crippen LogP contribution in [0.2, 0.25) is 0 Å². The fraction of sp³-hybridized carbons (Fsp3) is 0.652. The van der Waals surface area contributed by atoms with E-state index in [1.165, 1.54) is 12.1 Å². The number of nitrogens with one attached hydrogen (secondary N) is 1. The van der Waals surface area contributed by atoms with Gasteiger partial charge < -0.3 is 19.7 Å². The average molecular weight is 468 g/mol. The summed E-state index contributed by atoms with van der Waals surface area (Å²) < 4.78 is 25.5. The smallest absolute Gasteiger partial charge is 0.408 e. The van der Waals surface area contributed by atoms with Gasteiger partial charge in [-0.25, -0.2) is 9.18 Å². The number of rotatable bonds is 5. The van der Waals surface area contributed by atoms with Gasteiger partial charge in [0, 0.05) is 19.2 Å². The van der Waals surface area contributed by atoms with Crippen molar-refractivity contribution < 1.29 is 28.4 Å². The van der Waals surface area contributed by atoms with Crippen molar-refractivity contribution in [3.63, 3.8) is 0 Å². The minimum absolute atomic E-state index is 0.233. The summed E-state index contributed by atoms with van der Waals surface area (Å²) in [7, 11) is 0. The standard InChI is InChI=1S/C23H34FN3O6/c1-15(19(28)32-21(2,3)4)23(25-20(29)33-22(5,6)7)10-12-26(13-11-23)18-9-8-16(27(30)31)14-17(18)24/h8-9,14-15H,10-13H2,1-7H3,(H,25,29). The second-order valence-corrected chi connectivity index (χ2v) is 10.4. The van der Waals surface area contributed by atoms with Gasteiger partial charge >= 0.3 is 12.1 Å². The monoisotopic (exact) mass is 467 g/mol. The van der Waals surface area contributed by atoms with Gasteiger partial charge in [0.05, 0.1) is 28.1 Å². The van der Waals surface area contributed by atoms with E-state index in [9.17, 15) is 24.1 Å². The number of amides is 1. The summed E-state index contributed by atoms with van der Waals surface area (Å²) in [5.74, 6) is -1.83. The molecular weight excluding hydrogens is 433 g/mol. The fourth-order valence-corrected chi connectivity index (χ4v) is 3.80. The van der Waals surface area contributed by atoms with Gasteiger partial charge in [-0.1, -0.05) is 0 Å². The van der Waals surface area contributed by atoms with Crippen LogP contribution < -0.4 is 10.2 Å². The molecular formula is C23H34FN3O6. The number of benzene rings is 1. The number of hydrogen-bond acceptors (Lipinski definition) is 7. The van der Waals surface area contributed by atoms with E-state index < -0.39 is 45.5 Å². The van der Waals surface area contributed by atoms with Crippen LogP contribution in [0.15, 0.2) is 18.2 Å². The van der Waals surface area contributed by atoms with E-state index in [4.69, 9.17) is 9.47 Å². The van der Waals surface area contributed by atoms with Crippen LogP contribution in [0.4, 0.5) is 20.6 Å². The zero-order valence-electron chi connectivity index (χ0n) is 20.4. The van der Waals surface area contributed by atoms with E-state index >= 15 is 0 Å². The molecule has 1 atom stereocenters. The lowest BCUT2D eigenvalue weighted by atomic mass is 9.76. The lowest BCUT2D eigenvalue weighted by Gasteiger charge is -2.46. The highest BCUT2D eigenvalue weighted by Gasteiger charge is 2.46. The molecule has 1 aromatic rings. The van der Waals surface area contributed by atoms with Crippen molar-refractivity contribution in [2.75, 3.05) is 18.0 Å². The van der Waals surface area contributed by atoms with Crippen molar-refractivity contribution >= 4 is 23.4 Å². The first kappa shape index (κ1) is 26.3. The summed E-state index contributed by atoms with van der Waals surface area (Å²) in [6.45, 7) is 12.9. The molecule has 1 aliphatic rings. The van der Waals surface area contributed by atoms with Gasteiger partial charge in [-0.3, -0.25) is 14.9 Å². The first-order chi connectivity index (χ1) is 15.0. The number of nitrogens with zero attached hydrogens (tertiary/aromatic N) is 2. The lowest BCUT2D eigenvalue weighted by molar-refractivity contribution is -0.385. The summed E-state index contributed by atoms with van der Waals surface area (Å²) in [5, 5.41) is 13.8. The largest absolute Gasteiger partial charge is 0.460 e. The quantitative estimate of drug-likeness (QED) is 0.383. The SMILES string of the molecule is CC(C(=O)OC(C)(C)C)C1(NC(=O)OC(C)(C)C)CCN(c2ccc([N+](=O)[O-])cc2F)CC1. The maximum Gasteiger partial charge on any atom is 0.408 e. The Bertz CT molecular complexity index is 898.